The maximum Gasteiger partial charge on any atom is 0.407 e. The van der Waals surface area contributed by atoms with Gasteiger partial charge in [0.05, 0.1) is 5.56 Å². The van der Waals surface area contributed by atoms with Crippen LogP contribution in [0, 0.1) is 18.8 Å². The lowest BCUT2D eigenvalue weighted by Gasteiger charge is -2.19. The number of ether oxygens (including phenoxy) is 1. The molecule has 1 aromatic heterocycles. The van der Waals surface area contributed by atoms with E-state index in [4.69, 9.17) is 4.74 Å². The number of hydrogen-bond donors (Lipinski definition) is 2. The van der Waals surface area contributed by atoms with Crippen molar-refractivity contribution < 1.29 is 9.53 Å². The molecule has 0 unspecified atom stereocenters. The van der Waals surface area contributed by atoms with E-state index in [1.165, 1.54) is 0 Å². The molecule has 20 heavy (non-hydrogen) atoms. The van der Waals surface area contributed by atoms with Gasteiger partial charge in [0, 0.05) is 19.2 Å². The number of aromatic amines is 1. The Morgan fingerprint density at radius 3 is 2.80 bits per heavy atom. The highest BCUT2D eigenvalue weighted by Gasteiger charge is 2.15. The first-order chi connectivity index (χ1) is 9.28. The Kier molecular flexibility index (Phi) is 5.39. The second-order valence-electron chi connectivity index (χ2n) is 5.40. The summed E-state index contributed by atoms with van der Waals surface area (Å²) in [6.45, 7) is 7.67. The highest BCUT2D eigenvalue weighted by Crippen LogP contribution is 2.06. The zero-order valence-electron chi connectivity index (χ0n) is 12.3. The third kappa shape index (κ3) is 6.10. The van der Waals surface area contributed by atoms with E-state index in [1.807, 2.05) is 6.92 Å². The molecule has 1 rings (SSSR count). The van der Waals surface area contributed by atoms with Crippen molar-refractivity contribution in [2.45, 2.75) is 39.7 Å². The van der Waals surface area contributed by atoms with Crippen molar-refractivity contribution >= 4 is 6.09 Å². The fraction of sp³-hybridized carbons (Fsp3) is 0.467. The number of aryl methyl sites for hydroxylation is 1. The molecule has 0 radical (unpaired) electrons. The van der Waals surface area contributed by atoms with E-state index in [9.17, 15) is 9.59 Å². The van der Waals surface area contributed by atoms with Gasteiger partial charge in [-0.1, -0.05) is 11.8 Å². The second kappa shape index (κ2) is 6.80. The molecular weight excluding hydrogens is 256 g/mol. The fourth-order valence-electron chi connectivity index (χ4n) is 1.38. The molecule has 1 aromatic rings. The molecule has 108 valence electrons. The average Bonchev–Trinajstić information content (AvgIpc) is 2.30. The van der Waals surface area contributed by atoms with Crippen LogP contribution in [0.4, 0.5) is 4.79 Å². The number of pyridine rings is 1. The van der Waals surface area contributed by atoms with Crippen LogP contribution in [0.3, 0.4) is 0 Å². The molecule has 1 heterocycles. The van der Waals surface area contributed by atoms with E-state index in [-0.39, 0.29) is 5.56 Å². The summed E-state index contributed by atoms with van der Waals surface area (Å²) in [5, 5.41) is 2.60. The van der Waals surface area contributed by atoms with Gasteiger partial charge >= 0.3 is 6.09 Å². The zero-order chi connectivity index (χ0) is 15.2. The number of aromatic nitrogens is 1. The van der Waals surface area contributed by atoms with Gasteiger partial charge in [0.25, 0.3) is 5.56 Å². The van der Waals surface area contributed by atoms with Crippen LogP contribution in [0.1, 0.15) is 38.3 Å². The van der Waals surface area contributed by atoms with Crippen LogP contribution in [-0.2, 0) is 4.74 Å². The fourth-order valence-corrected chi connectivity index (χ4v) is 1.38. The summed E-state index contributed by atoms with van der Waals surface area (Å²) in [5.74, 6) is 5.64. The van der Waals surface area contributed by atoms with Gasteiger partial charge in [-0.2, -0.15) is 0 Å². The minimum atomic E-state index is -0.509. The lowest BCUT2D eigenvalue weighted by Crippen LogP contribution is -2.32. The van der Waals surface area contributed by atoms with E-state index in [0.717, 1.165) is 5.56 Å². The molecular formula is C15H20N2O3. The third-order valence-corrected chi connectivity index (χ3v) is 2.19. The maximum absolute atomic E-state index is 11.5. The van der Waals surface area contributed by atoms with Crippen LogP contribution in [-0.4, -0.2) is 23.2 Å². The zero-order valence-corrected chi connectivity index (χ0v) is 12.3. The summed E-state index contributed by atoms with van der Waals surface area (Å²) in [7, 11) is 0. The Labute approximate surface area is 118 Å². The number of carbonyl (C=O) groups excluding carboxylic acids is 1. The lowest BCUT2D eigenvalue weighted by atomic mass is 10.2. The maximum atomic E-state index is 11.5. The molecule has 0 fully saturated rings. The van der Waals surface area contributed by atoms with Crippen LogP contribution in [0.5, 0.6) is 0 Å². The summed E-state index contributed by atoms with van der Waals surface area (Å²) in [6, 6.07) is 1.73. The molecule has 0 saturated heterocycles. The monoisotopic (exact) mass is 276 g/mol. The predicted octanol–water partition coefficient (Wildman–Crippen LogP) is 1.95. The highest BCUT2D eigenvalue weighted by atomic mass is 16.6. The molecule has 5 nitrogen and oxygen atoms in total. The molecule has 0 aliphatic heterocycles. The van der Waals surface area contributed by atoms with Crippen LogP contribution in [0.15, 0.2) is 17.1 Å². The van der Waals surface area contributed by atoms with Gasteiger partial charge in [-0.3, -0.25) is 4.79 Å². The Balaban J connectivity index is 2.42. The van der Waals surface area contributed by atoms with Crippen molar-refractivity contribution in [2.24, 2.45) is 0 Å². The SMILES string of the molecule is Cc1c[nH]c(=O)c(C#CCCNC(=O)OC(C)(C)C)c1. The third-order valence-electron chi connectivity index (χ3n) is 2.19. The van der Waals surface area contributed by atoms with Gasteiger partial charge in [0.15, 0.2) is 0 Å². The molecule has 0 aliphatic rings. The van der Waals surface area contributed by atoms with Crippen LogP contribution in [0.2, 0.25) is 0 Å². The first kappa shape index (κ1) is 15.8. The normalized spacial score (nSPS) is 10.4. The number of carbonyl (C=O) groups is 1. The van der Waals surface area contributed by atoms with Crippen LogP contribution >= 0.6 is 0 Å². The largest absolute Gasteiger partial charge is 0.444 e. The molecule has 1 amide bonds. The molecule has 0 atom stereocenters. The molecule has 0 aliphatic carbocycles. The summed E-state index contributed by atoms with van der Waals surface area (Å²) in [4.78, 5) is 25.4. The van der Waals surface area contributed by atoms with Gasteiger partial charge in [-0.15, -0.1) is 0 Å². The molecule has 0 aromatic carbocycles. The Morgan fingerprint density at radius 2 is 2.15 bits per heavy atom. The predicted molar refractivity (Wildman–Crippen MR) is 77.5 cm³/mol. The van der Waals surface area contributed by atoms with Crippen LogP contribution < -0.4 is 10.9 Å². The number of alkyl carbamates (subject to hydrolysis) is 1. The van der Waals surface area contributed by atoms with E-state index >= 15 is 0 Å². The van der Waals surface area contributed by atoms with E-state index < -0.39 is 11.7 Å². The number of H-pyrrole nitrogens is 1. The summed E-state index contributed by atoms with van der Waals surface area (Å²) < 4.78 is 5.08. The number of hydrogen-bond acceptors (Lipinski definition) is 3. The van der Waals surface area contributed by atoms with Gasteiger partial charge in [-0.25, -0.2) is 4.79 Å². The Bertz CT molecular complexity index is 586. The van der Waals surface area contributed by atoms with E-state index in [0.29, 0.717) is 18.5 Å². The molecule has 5 heteroatoms. The van der Waals surface area contributed by atoms with Gasteiger partial charge < -0.3 is 15.0 Å². The molecule has 0 bridgehead atoms. The van der Waals surface area contributed by atoms with Crippen molar-refractivity contribution in [3.05, 3.63) is 33.7 Å². The number of nitrogens with one attached hydrogen (secondary N) is 2. The van der Waals surface area contributed by atoms with Gasteiger partial charge in [-0.05, 0) is 39.3 Å². The molecule has 2 N–H and O–H groups in total. The Hall–Kier alpha value is -2.22. The van der Waals surface area contributed by atoms with Crippen molar-refractivity contribution in [1.82, 2.24) is 10.3 Å². The minimum Gasteiger partial charge on any atom is -0.444 e. The van der Waals surface area contributed by atoms with Crippen LogP contribution in [0.25, 0.3) is 0 Å². The van der Waals surface area contributed by atoms with Crippen molar-refractivity contribution in [3.8, 4) is 11.8 Å². The Morgan fingerprint density at radius 1 is 1.45 bits per heavy atom. The van der Waals surface area contributed by atoms with Crippen molar-refractivity contribution in [3.63, 3.8) is 0 Å². The highest BCUT2D eigenvalue weighted by molar-refractivity contribution is 5.67. The summed E-state index contributed by atoms with van der Waals surface area (Å²) in [6.07, 6.45) is 1.62. The first-order valence-electron chi connectivity index (χ1n) is 6.43. The average molecular weight is 276 g/mol. The van der Waals surface area contributed by atoms with Gasteiger partial charge in [0.2, 0.25) is 0 Å². The topological polar surface area (TPSA) is 71.2 Å². The second-order valence-corrected chi connectivity index (χ2v) is 5.40. The quantitative estimate of drug-likeness (QED) is 0.640. The smallest absolute Gasteiger partial charge is 0.407 e. The first-order valence-corrected chi connectivity index (χ1v) is 6.43. The standard InChI is InChI=1S/C15H20N2O3/c1-11-9-12(13(18)17-10-11)7-5-6-8-16-14(19)20-15(2,3)4/h9-10H,6,8H2,1-4H3,(H,16,19)(H,17,18). The molecule has 0 saturated carbocycles. The van der Waals surface area contributed by atoms with Crippen molar-refractivity contribution in [1.29, 1.82) is 0 Å². The van der Waals surface area contributed by atoms with E-state index in [2.05, 4.69) is 22.1 Å². The number of rotatable bonds is 2. The lowest BCUT2D eigenvalue weighted by molar-refractivity contribution is 0.0529. The molecule has 0 spiro atoms. The van der Waals surface area contributed by atoms with E-state index in [1.54, 1.807) is 33.0 Å². The number of amides is 1. The summed E-state index contributed by atoms with van der Waals surface area (Å²) >= 11 is 0. The van der Waals surface area contributed by atoms with Crippen molar-refractivity contribution in [2.75, 3.05) is 6.54 Å². The summed E-state index contributed by atoms with van der Waals surface area (Å²) in [5.41, 5.74) is 0.663. The van der Waals surface area contributed by atoms with Gasteiger partial charge in [0.1, 0.15) is 5.60 Å². The minimum absolute atomic E-state index is 0.205.